The molecular formula is C16H23NO2. The number of hydrogen-bond acceptors (Lipinski definition) is 3. The second-order valence-corrected chi connectivity index (χ2v) is 4.97. The van der Waals surface area contributed by atoms with Crippen molar-refractivity contribution in [1.82, 2.24) is 5.32 Å². The Bertz CT molecular complexity index is 450. The zero-order chi connectivity index (χ0) is 13.7. The fourth-order valence-electron chi connectivity index (χ4n) is 2.10. The highest BCUT2D eigenvalue weighted by atomic mass is 16.5. The van der Waals surface area contributed by atoms with Gasteiger partial charge in [0, 0.05) is 11.6 Å². The Labute approximate surface area is 115 Å². The van der Waals surface area contributed by atoms with Gasteiger partial charge in [-0.15, -0.1) is 0 Å². The molecule has 0 spiro atoms. The number of rotatable bonds is 7. The fourth-order valence-corrected chi connectivity index (χ4v) is 2.10. The smallest absolute Gasteiger partial charge is 0.126 e. The fraction of sp³-hybridized carbons (Fsp3) is 0.500. The molecule has 0 bridgehead atoms. The lowest BCUT2D eigenvalue weighted by atomic mass is 10.0. The largest absolute Gasteiger partial charge is 0.497 e. The first-order chi connectivity index (χ1) is 9.24. The maximum absolute atomic E-state index is 5.41. The number of nitrogens with one attached hydrogen (secondary N) is 1. The lowest BCUT2D eigenvalue weighted by Crippen LogP contribution is -2.16. The van der Waals surface area contributed by atoms with Crippen molar-refractivity contribution in [3.8, 4) is 11.5 Å². The van der Waals surface area contributed by atoms with Gasteiger partial charge in [0.15, 0.2) is 0 Å². The average molecular weight is 261 g/mol. The first kappa shape index (κ1) is 13.9. The van der Waals surface area contributed by atoms with Crippen LogP contribution in [0.25, 0.3) is 5.57 Å². The molecule has 19 heavy (non-hydrogen) atoms. The van der Waals surface area contributed by atoms with Crippen LogP contribution in [0.3, 0.4) is 0 Å². The molecule has 0 saturated heterocycles. The Balaban J connectivity index is 2.02. The van der Waals surface area contributed by atoms with Gasteiger partial charge < -0.3 is 14.8 Å². The molecule has 1 aromatic rings. The molecule has 1 aliphatic carbocycles. The monoisotopic (exact) mass is 261 g/mol. The minimum absolute atomic E-state index is 0.778. The van der Waals surface area contributed by atoms with Crippen molar-refractivity contribution in [2.75, 3.05) is 20.8 Å². The number of methoxy groups -OCH3 is 2. The van der Waals surface area contributed by atoms with Crippen LogP contribution in [-0.2, 0) is 0 Å². The summed E-state index contributed by atoms with van der Waals surface area (Å²) in [6.45, 7) is 3.17. The van der Waals surface area contributed by atoms with Crippen LogP contribution in [-0.4, -0.2) is 26.8 Å². The molecule has 3 heteroatoms. The van der Waals surface area contributed by atoms with Gasteiger partial charge in [-0.1, -0.05) is 6.08 Å². The quantitative estimate of drug-likeness (QED) is 0.764. The summed E-state index contributed by atoms with van der Waals surface area (Å²) in [6.07, 6.45) is 5.98. The van der Waals surface area contributed by atoms with E-state index in [2.05, 4.69) is 18.3 Å². The SMILES string of the molecule is COc1ccc(OC)c(C(C)=CCCNC2CC2)c1. The number of benzene rings is 1. The maximum Gasteiger partial charge on any atom is 0.126 e. The van der Waals surface area contributed by atoms with Crippen LogP contribution in [0.15, 0.2) is 24.3 Å². The molecule has 1 fully saturated rings. The van der Waals surface area contributed by atoms with Gasteiger partial charge in [-0.2, -0.15) is 0 Å². The van der Waals surface area contributed by atoms with E-state index >= 15 is 0 Å². The number of ether oxygens (including phenoxy) is 2. The Morgan fingerprint density at radius 2 is 2.11 bits per heavy atom. The summed E-state index contributed by atoms with van der Waals surface area (Å²) in [7, 11) is 3.39. The number of allylic oxidation sites excluding steroid dienone is 1. The van der Waals surface area contributed by atoms with Gasteiger partial charge >= 0.3 is 0 Å². The van der Waals surface area contributed by atoms with E-state index in [-0.39, 0.29) is 0 Å². The van der Waals surface area contributed by atoms with Crippen molar-refractivity contribution in [2.24, 2.45) is 0 Å². The van der Waals surface area contributed by atoms with Crippen LogP contribution >= 0.6 is 0 Å². The van der Waals surface area contributed by atoms with E-state index in [0.29, 0.717) is 0 Å². The maximum atomic E-state index is 5.41. The van der Waals surface area contributed by atoms with E-state index < -0.39 is 0 Å². The molecule has 104 valence electrons. The molecule has 1 N–H and O–H groups in total. The molecule has 0 amide bonds. The van der Waals surface area contributed by atoms with Crippen molar-refractivity contribution < 1.29 is 9.47 Å². The molecule has 0 atom stereocenters. The van der Waals surface area contributed by atoms with Gasteiger partial charge in [0.05, 0.1) is 14.2 Å². The zero-order valence-corrected chi connectivity index (χ0v) is 12.0. The van der Waals surface area contributed by atoms with Crippen LogP contribution in [0.5, 0.6) is 11.5 Å². The Kier molecular flexibility index (Phi) is 4.86. The topological polar surface area (TPSA) is 30.5 Å². The highest BCUT2D eigenvalue weighted by Gasteiger charge is 2.19. The molecule has 0 unspecified atom stereocenters. The normalized spacial score (nSPS) is 15.4. The van der Waals surface area contributed by atoms with E-state index in [1.165, 1.54) is 18.4 Å². The third-order valence-corrected chi connectivity index (χ3v) is 3.44. The van der Waals surface area contributed by atoms with E-state index in [4.69, 9.17) is 9.47 Å². The van der Waals surface area contributed by atoms with Crippen LogP contribution in [0.2, 0.25) is 0 Å². The summed E-state index contributed by atoms with van der Waals surface area (Å²) < 4.78 is 10.7. The van der Waals surface area contributed by atoms with Crippen LogP contribution in [0.4, 0.5) is 0 Å². The van der Waals surface area contributed by atoms with Crippen LogP contribution in [0, 0.1) is 0 Å². The van der Waals surface area contributed by atoms with E-state index in [9.17, 15) is 0 Å². The second kappa shape index (κ2) is 6.62. The molecular weight excluding hydrogens is 238 g/mol. The summed E-state index contributed by atoms with van der Waals surface area (Å²) in [5.41, 5.74) is 2.33. The van der Waals surface area contributed by atoms with Gasteiger partial charge in [0.2, 0.25) is 0 Å². The molecule has 1 aromatic carbocycles. The highest BCUT2D eigenvalue weighted by Crippen LogP contribution is 2.30. The van der Waals surface area contributed by atoms with E-state index in [1.807, 2.05) is 18.2 Å². The van der Waals surface area contributed by atoms with Crippen molar-refractivity contribution in [3.05, 3.63) is 29.8 Å². The molecule has 1 aliphatic rings. The van der Waals surface area contributed by atoms with Crippen LogP contribution < -0.4 is 14.8 Å². The van der Waals surface area contributed by atoms with Crippen molar-refractivity contribution in [3.63, 3.8) is 0 Å². The lowest BCUT2D eigenvalue weighted by molar-refractivity contribution is 0.402. The minimum atomic E-state index is 0.778. The second-order valence-electron chi connectivity index (χ2n) is 4.97. The van der Waals surface area contributed by atoms with Crippen LogP contribution in [0.1, 0.15) is 31.7 Å². The third kappa shape index (κ3) is 4.00. The Hall–Kier alpha value is -1.48. The standard InChI is InChI=1S/C16H23NO2/c1-12(5-4-10-17-13-6-7-13)15-11-14(18-2)8-9-16(15)19-3/h5,8-9,11,13,17H,4,6-7,10H2,1-3H3. The first-order valence-corrected chi connectivity index (χ1v) is 6.87. The van der Waals surface area contributed by atoms with Gasteiger partial charge in [-0.05, 0) is 56.5 Å². The van der Waals surface area contributed by atoms with Gasteiger partial charge in [-0.3, -0.25) is 0 Å². The summed E-state index contributed by atoms with van der Waals surface area (Å²) in [4.78, 5) is 0. The molecule has 0 radical (unpaired) electrons. The van der Waals surface area contributed by atoms with Gasteiger partial charge in [-0.25, -0.2) is 0 Å². The minimum Gasteiger partial charge on any atom is -0.497 e. The molecule has 3 nitrogen and oxygen atoms in total. The molecule has 1 saturated carbocycles. The summed E-state index contributed by atoms with van der Waals surface area (Å²) in [5.74, 6) is 1.75. The Morgan fingerprint density at radius 1 is 1.32 bits per heavy atom. The predicted molar refractivity (Wildman–Crippen MR) is 78.8 cm³/mol. The van der Waals surface area contributed by atoms with E-state index in [0.717, 1.165) is 36.1 Å². The van der Waals surface area contributed by atoms with Crippen molar-refractivity contribution in [2.45, 2.75) is 32.2 Å². The molecule has 0 aromatic heterocycles. The highest BCUT2D eigenvalue weighted by molar-refractivity contribution is 5.70. The first-order valence-electron chi connectivity index (χ1n) is 6.87. The molecule has 2 rings (SSSR count). The predicted octanol–water partition coefficient (Wildman–Crippen LogP) is 3.25. The number of hydrogen-bond donors (Lipinski definition) is 1. The van der Waals surface area contributed by atoms with E-state index in [1.54, 1.807) is 14.2 Å². The summed E-state index contributed by atoms with van der Waals surface area (Å²) in [6, 6.07) is 6.68. The van der Waals surface area contributed by atoms with Crippen molar-refractivity contribution in [1.29, 1.82) is 0 Å². The molecule has 0 heterocycles. The summed E-state index contributed by atoms with van der Waals surface area (Å²) in [5, 5.41) is 3.51. The zero-order valence-electron chi connectivity index (χ0n) is 12.0. The average Bonchev–Trinajstić information content (AvgIpc) is 3.26. The molecule has 0 aliphatic heterocycles. The summed E-state index contributed by atoms with van der Waals surface area (Å²) >= 11 is 0. The third-order valence-electron chi connectivity index (χ3n) is 3.44. The van der Waals surface area contributed by atoms with Gasteiger partial charge in [0.25, 0.3) is 0 Å². The lowest BCUT2D eigenvalue weighted by Gasteiger charge is -2.11. The Morgan fingerprint density at radius 3 is 2.74 bits per heavy atom. The van der Waals surface area contributed by atoms with Crippen molar-refractivity contribution >= 4 is 5.57 Å². The van der Waals surface area contributed by atoms with Gasteiger partial charge in [0.1, 0.15) is 11.5 Å².